The van der Waals surface area contributed by atoms with E-state index in [0.29, 0.717) is 28.1 Å². The van der Waals surface area contributed by atoms with E-state index in [-0.39, 0.29) is 0 Å². The molecular weight excluding hydrogens is 290 g/mol. The first kappa shape index (κ1) is 15.2. The summed E-state index contributed by atoms with van der Waals surface area (Å²) in [4.78, 5) is 18.6. The maximum Gasteiger partial charge on any atom is 0.421 e. The van der Waals surface area contributed by atoms with Gasteiger partial charge in [-0.1, -0.05) is 18.8 Å². The molecule has 2 rings (SSSR count). The summed E-state index contributed by atoms with van der Waals surface area (Å²) in [5, 5.41) is 3.08. The molecule has 0 radical (unpaired) electrons. The van der Waals surface area contributed by atoms with Crippen LogP contribution in [-0.2, 0) is 4.74 Å². The van der Waals surface area contributed by atoms with Gasteiger partial charge in [0.2, 0.25) is 5.88 Å². The van der Waals surface area contributed by atoms with Gasteiger partial charge in [0, 0.05) is 6.07 Å². The fraction of sp³-hybridized carbons (Fsp3) is 0.357. The van der Waals surface area contributed by atoms with Crippen molar-refractivity contribution >= 4 is 34.8 Å². The average molecular weight is 307 g/mol. The van der Waals surface area contributed by atoms with Crippen LogP contribution < -0.4 is 15.0 Å². The van der Waals surface area contributed by atoms with Crippen molar-refractivity contribution < 1.29 is 14.3 Å². The number of thiocarbonyl (C=S) groups is 1. The van der Waals surface area contributed by atoms with Crippen LogP contribution in [0.2, 0.25) is 0 Å². The van der Waals surface area contributed by atoms with Gasteiger partial charge in [0.05, 0.1) is 24.1 Å². The van der Waals surface area contributed by atoms with Crippen LogP contribution in [-0.4, -0.2) is 28.7 Å². The van der Waals surface area contributed by atoms with Crippen LogP contribution in [0.1, 0.15) is 20.8 Å². The van der Waals surface area contributed by atoms with Gasteiger partial charge in [0.15, 0.2) is 5.82 Å². The molecule has 112 valence electrons. The van der Waals surface area contributed by atoms with E-state index in [1.54, 1.807) is 19.1 Å². The largest absolute Gasteiger partial charge is 0.481 e. The van der Waals surface area contributed by atoms with E-state index in [1.165, 1.54) is 12.0 Å². The van der Waals surface area contributed by atoms with Gasteiger partial charge in [0.1, 0.15) is 4.99 Å². The second kappa shape index (κ2) is 5.33. The summed E-state index contributed by atoms with van der Waals surface area (Å²) >= 11 is 5.35. The smallest absolute Gasteiger partial charge is 0.421 e. The maximum absolute atomic E-state index is 12.4. The molecule has 6 nitrogen and oxygen atoms in total. The normalized spacial score (nSPS) is 15.8. The molecule has 0 aliphatic carbocycles. The maximum atomic E-state index is 12.4. The number of carbonyl (C=O) groups excluding carboxylic acids is 1. The van der Waals surface area contributed by atoms with E-state index in [2.05, 4.69) is 16.9 Å². The molecule has 0 atom stereocenters. The Balaban J connectivity index is 2.56. The van der Waals surface area contributed by atoms with Gasteiger partial charge in [-0.3, -0.25) is 0 Å². The molecular formula is C14H17N3O3S. The number of hydrogen-bond acceptors (Lipinski definition) is 5. The number of hydrogen-bond donors (Lipinski definition) is 1. The van der Waals surface area contributed by atoms with Gasteiger partial charge < -0.3 is 14.8 Å². The second-order valence-corrected chi connectivity index (χ2v) is 5.55. The number of rotatable bonds is 2. The highest BCUT2D eigenvalue weighted by atomic mass is 32.1. The Morgan fingerprint density at radius 3 is 2.71 bits per heavy atom. The highest BCUT2D eigenvalue weighted by molar-refractivity contribution is 7.80. The van der Waals surface area contributed by atoms with E-state index in [1.807, 2.05) is 13.8 Å². The first-order chi connectivity index (χ1) is 9.77. The molecule has 1 aromatic heterocycles. The van der Waals surface area contributed by atoms with E-state index >= 15 is 0 Å². The van der Waals surface area contributed by atoms with Crippen LogP contribution in [0.3, 0.4) is 0 Å². The third-order valence-electron chi connectivity index (χ3n) is 3.08. The topological polar surface area (TPSA) is 63.7 Å². The number of aromatic nitrogens is 1. The van der Waals surface area contributed by atoms with Crippen molar-refractivity contribution in [3.8, 4) is 5.88 Å². The fourth-order valence-electron chi connectivity index (χ4n) is 1.96. The zero-order chi connectivity index (χ0) is 15.8. The van der Waals surface area contributed by atoms with Crippen LogP contribution in [0.15, 0.2) is 24.5 Å². The zero-order valence-electron chi connectivity index (χ0n) is 12.4. The van der Waals surface area contributed by atoms with Gasteiger partial charge in [-0.15, -0.1) is 0 Å². The molecule has 1 aliphatic heterocycles. The van der Waals surface area contributed by atoms with Crippen molar-refractivity contribution in [3.63, 3.8) is 0 Å². The molecule has 0 bridgehead atoms. The number of anilines is 2. The van der Waals surface area contributed by atoms with Gasteiger partial charge >= 0.3 is 6.09 Å². The Kier molecular flexibility index (Phi) is 3.87. The molecule has 0 saturated heterocycles. The number of amides is 1. The lowest BCUT2D eigenvalue weighted by atomic mass is 10.00. The van der Waals surface area contributed by atoms with Crippen LogP contribution in [0, 0.1) is 0 Å². The lowest BCUT2D eigenvalue weighted by molar-refractivity contribution is 0.180. The minimum Gasteiger partial charge on any atom is -0.481 e. The number of methoxy groups -OCH3 is 1. The predicted molar refractivity (Wildman–Crippen MR) is 84.9 cm³/mol. The summed E-state index contributed by atoms with van der Waals surface area (Å²) < 4.78 is 10.2. The molecule has 1 N–H and O–H groups in total. The highest BCUT2D eigenvalue weighted by Gasteiger charge is 2.43. The fourth-order valence-corrected chi connectivity index (χ4v) is 2.16. The van der Waals surface area contributed by atoms with Gasteiger partial charge in [0.25, 0.3) is 0 Å². The number of carbonyl (C=O) groups is 1. The van der Waals surface area contributed by atoms with Crippen LogP contribution in [0.4, 0.5) is 16.3 Å². The van der Waals surface area contributed by atoms with Gasteiger partial charge in [-0.25, -0.2) is 9.69 Å². The summed E-state index contributed by atoms with van der Waals surface area (Å²) in [5.41, 5.74) is -0.160. The van der Waals surface area contributed by atoms with Crippen molar-refractivity contribution in [2.24, 2.45) is 0 Å². The van der Waals surface area contributed by atoms with E-state index in [9.17, 15) is 4.79 Å². The summed E-state index contributed by atoms with van der Waals surface area (Å²) in [6.45, 7) is 8.81. The average Bonchev–Trinajstić information content (AvgIpc) is 2.38. The molecule has 1 aliphatic rings. The number of ether oxygens (including phenoxy) is 2. The summed E-state index contributed by atoms with van der Waals surface area (Å²) in [7, 11) is 1.51. The van der Waals surface area contributed by atoms with Crippen LogP contribution >= 0.6 is 12.2 Å². The van der Waals surface area contributed by atoms with Crippen molar-refractivity contribution in [1.82, 2.24) is 4.98 Å². The van der Waals surface area contributed by atoms with Gasteiger partial charge in [-0.05, 0) is 26.8 Å². The van der Waals surface area contributed by atoms with Gasteiger partial charge in [-0.2, -0.15) is 4.98 Å². The van der Waals surface area contributed by atoms with E-state index in [4.69, 9.17) is 21.7 Å². The Hall–Kier alpha value is -2.15. The molecule has 7 heteroatoms. The lowest BCUT2D eigenvalue weighted by Crippen LogP contribution is -2.58. The predicted octanol–water partition coefficient (Wildman–Crippen LogP) is 3.10. The lowest BCUT2D eigenvalue weighted by Gasteiger charge is -2.42. The van der Waals surface area contributed by atoms with E-state index in [0.717, 1.165) is 0 Å². The Morgan fingerprint density at radius 2 is 2.14 bits per heavy atom. The molecule has 0 aromatic carbocycles. The summed E-state index contributed by atoms with van der Waals surface area (Å²) in [5.74, 6) is 1.09. The monoisotopic (exact) mass is 307 g/mol. The Bertz CT molecular complexity index is 628. The van der Waals surface area contributed by atoms with E-state index < -0.39 is 11.6 Å². The molecule has 2 heterocycles. The van der Waals surface area contributed by atoms with Crippen LogP contribution in [0.25, 0.3) is 0 Å². The third-order valence-corrected chi connectivity index (χ3v) is 3.68. The number of nitrogens with zero attached hydrogens (tertiary/aromatic N) is 2. The Morgan fingerprint density at radius 1 is 1.48 bits per heavy atom. The van der Waals surface area contributed by atoms with Crippen molar-refractivity contribution in [2.75, 3.05) is 17.3 Å². The molecule has 0 spiro atoms. The first-order valence-corrected chi connectivity index (χ1v) is 6.72. The standard InChI is InChI=1S/C14H17N3O3S/c1-8(2)20-13(18)17-11-9(6-7-10(16-11)19-5)15-12(21)14(17,3)4/h6-7H,1H2,2-5H3,(H,15,21). The number of fused-ring (bicyclic) bond motifs is 1. The highest BCUT2D eigenvalue weighted by Crippen LogP contribution is 2.37. The molecule has 0 fully saturated rings. The zero-order valence-corrected chi connectivity index (χ0v) is 13.2. The van der Waals surface area contributed by atoms with Crippen molar-refractivity contribution in [3.05, 3.63) is 24.5 Å². The molecule has 0 saturated carbocycles. The number of pyridine rings is 1. The quantitative estimate of drug-likeness (QED) is 0.669. The van der Waals surface area contributed by atoms with Crippen molar-refractivity contribution in [1.29, 1.82) is 0 Å². The molecule has 1 amide bonds. The number of nitrogens with one attached hydrogen (secondary N) is 1. The number of allylic oxidation sites excluding steroid dienone is 1. The third kappa shape index (κ3) is 2.69. The first-order valence-electron chi connectivity index (χ1n) is 6.31. The summed E-state index contributed by atoms with van der Waals surface area (Å²) in [6.07, 6.45) is -0.585. The SMILES string of the molecule is C=C(C)OC(=O)N1c2nc(OC)ccc2NC(=S)C1(C)C. The summed E-state index contributed by atoms with van der Waals surface area (Å²) in [6, 6.07) is 3.44. The molecule has 1 aromatic rings. The van der Waals surface area contributed by atoms with Crippen molar-refractivity contribution in [2.45, 2.75) is 26.3 Å². The van der Waals surface area contributed by atoms with Crippen LogP contribution in [0.5, 0.6) is 5.88 Å². The molecule has 0 unspecified atom stereocenters. The Labute approximate surface area is 128 Å². The second-order valence-electron chi connectivity index (χ2n) is 5.14. The minimum absolute atomic E-state index is 0.296. The minimum atomic E-state index is -0.784. The molecule has 21 heavy (non-hydrogen) atoms.